The lowest BCUT2D eigenvalue weighted by atomic mass is 10.0. The number of para-hydroxylation sites is 1. The van der Waals surface area contributed by atoms with Crippen LogP contribution in [0.3, 0.4) is 0 Å². The predicted molar refractivity (Wildman–Crippen MR) is 126 cm³/mol. The second-order valence-corrected chi connectivity index (χ2v) is 10.5. The van der Waals surface area contributed by atoms with E-state index >= 15 is 0 Å². The fourth-order valence-corrected chi connectivity index (χ4v) is 6.38. The monoisotopic (exact) mass is 486 g/mol. The molecular formula is C24H23ClN2O5S. The number of carbonyl (C=O) groups is 1. The maximum atomic E-state index is 13.3. The van der Waals surface area contributed by atoms with Gasteiger partial charge in [-0.3, -0.25) is 4.90 Å². The number of methoxy groups -OCH3 is 1. The van der Waals surface area contributed by atoms with E-state index in [1.54, 1.807) is 42.3 Å². The van der Waals surface area contributed by atoms with E-state index in [-0.39, 0.29) is 17.5 Å². The number of halogens is 1. The highest BCUT2D eigenvalue weighted by Crippen LogP contribution is 2.39. The van der Waals surface area contributed by atoms with Crippen molar-refractivity contribution in [1.29, 1.82) is 0 Å². The molecule has 9 heteroatoms. The van der Waals surface area contributed by atoms with Gasteiger partial charge in [-0.15, -0.1) is 0 Å². The molecule has 2 aliphatic heterocycles. The van der Waals surface area contributed by atoms with Crippen LogP contribution < -0.4 is 9.64 Å². The highest BCUT2D eigenvalue weighted by molar-refractivity contribution is 7.89. The van der Waals surface area contributed by atoms with Gasteiger partial charge < -0.3 is 9.47 Å². The van der Waals surface area contributed by atoms with Crippen molar-refractivity contribution >= 4 is 44.2 Å². The third-order valence-corrected chi connectivity index (χ3v) is 8.54. The molecule has 0 aliphatic carbocycles. The Labute approximate surface area is 197 Å². The summed E-state index contributed by atoms with van der Waals surface area (Å²) in [6, 6.07) is 15.8. The summed E-state index contributed by atoms with van der Waals surface area (Å²) in [5.41, 5.74) is 1.59. The first-order valence-electron chi connectivity index (χ1n) is 10.7. The van der Waals surface area contributed by atoms with E-state index in [0.29, 0.717) is 42.4 Å². The molecule has 1 amide bonds. The Morgan fingerprint density at radius 1 is 1.06 bits per heavy atom. The number of cyclic esters (lactones) is 1. The molecule has 1 saturated heterocycles. The highest BCUT2D eigenvalue weighted by Gasteiger charge is 2.38. The van der Waals surface area contributed by atoms with E-state index in [4.69, 9.17) is 21.1 Å². The van der Waals surface area contributed by atoms with Crippen molar-refractivity contribution in [1.82, 2.24) is 4.31 Å². The van der Waals surface area contributed by atoms with Gasteiger partial charge in [-0.2, -0.15) is 4.31 Å². The van der Waals surface area contributed by atoms with Gasteiger partial charge in [0.2, 0.25) is 10.0 Å². The topological polar surface area (TPSA) is 76.2 Å². The molecule has 5 rings (SSSR count). The second kappa shape index (κ2) is 8.52. The van der Waals surface area contributed by atoms with Crippen LogP contribution in [0.15, 0.2) is 59.5 Å². The van der Waals surface area contributed by atoms with Crippen molar-refractivity contribution in [2.45, 2.75) is 30.4 Å². The SMILES string of the molecule is COc1cccc2c1N(C1CCN(S(=O)(=O)c3ccc4c(Cl)cccc4c3)CC1)C(=O)OC2. The van der Waals surface area contributed by atoms with Crippen LogP contribution in [0.1, 0.15) is 18.4 Å². The van der Waals surface area contributed by atoms with Gasteiger partial charge in [0, 0.05) is 35.1 Å². The molecule has 2 aliphatic rings. The minimum absolute atomic E-state index is 0.185. The first-order chi connectivity index (χ1) is 15.9. The summed E-state index contributed by atoms with van der Waals surface area (Å²) in [6.45, 7) is 0.796. The van der Waals surface area contributed by atoms with Crippen molar-refractivity contribution < 1.29 is 22.7 Å². The summed E-state index contributed by atoms with van der Waals surface area (Å²) in [7, 11) is -2.11. The number of nitrogens with zero attached hydrogens (tertiary/aromatic N) is 2. The van der Waals surface area contributed by atoms with Crippen LogP contribution in [-0.2, 0) is 21.4 Å². The number of hydrogen-bond donors (Lipinski definition) is 0. The Morgan fingerprint density at radius 3 is 2.58 bits per heavy atom. The molecule has 0 radical (unpaired) electrons. The van der Waals surface area contributed by atoms with E-state index in [1.165, 1.54) is 4.31 Å². The normalized spacial score (nSPS) is 17.6. The van der Waals surface area contributed by atoms with Crippen LogP contribution >= 0.6 is 11.6 Å². The number of fused-ring (bicyclic) bond motifs is 2. The lowest BCUT2D eigenvalue weighted by molar-refractivity contribution is 0.135. The summed E-state index contributed by atoms with van der Waals surface area (Å²) in [5, 5.41) is 2.17. The molecule has 7 nitrogen and oxygen atoms in total. The fourth-order valence-electron chi connectivity index (χ4n) is 4.63. The highest BCUT2D eigenvalue weighted by atomic mass is 35.5. The molecule has 3 aromatic rings. The lowest BCUT2D eigenvalue weighted by Crippen LogP contribution is -2.50. The Morgan fingerprint density at radius 2 is 1.82 bits per heavy atom. The maximum absolute atomic E-state index is 13.3. The van der Waals surface area contributed by atoms with Crippen LogP contribution in [0, 0.1) is 0 Å². The summed E-state index contributed by atoms with van der Waals surface area (Å²) < 4.78 is 39.0. The lowest BCUT2D eigenvalue weighted by Gasteiger charge is -2.40. The third-order valence-electron chi connectivity index (χ3n) is 6.32. The van der Waals surface area contributed by atoms with Gasteiger partial charge in [0.05, 0.1) is 17.7 Å². The molecule has 0 saturated carbocycles. The van der Waals surface area contributed by atoms with Crippen molar-refractivity contribution in [2.75, 3.05) is 25.1 Å². The molecule has 0 atom stereocenters. The van der Waals surface area contributed by atoms with E-state index < -0.39 is 16.1 Å². The molecule has 0 unspecified atom stereocenters. The molecule has 1 fully saturated rings. The van der Waals surface area contributed by atoms with E-state index in [9.17, 15) is 13.2 Å². The quantitative estimate of drug-likeness (QED) is 0.529. The van der Waals surface area contributed by atoms with Crippen molar-refractivity contribution in [3.8, 4) is 5.75 Å². The number of piperidine rings is 1. The van der Waals surface area contributed by atoms with E-state index in [1.807, 2.05) is 24.3 Å². The number of rotatable bonds is 4. The number of benzene rings is 3. The zero-order valence-corrected chi connectivity index (χ0v) is 19.6. The van der Waals surface area contributed by atoms with Crippen LogP contribution in [0.5, 0.6) is 5.75 Å². The van der Waals surface area contributed by atoms with Gasteiger partial charge >= 0.3 is 6.09 Å². The first kappa shape index (κ1) is 22.0. The standard InChI is InChI=1S/C24H23ClN2O5S/c1-31-22-7-3-5-17-15-32-24(28)27(23(17)22)18-10-12-26(13-11-18)33(29,30)19-8-9-20-16(14-19)4-2-6-21(20)25/h2-9,14,18H,10-13,15H2,1H3. The summed E-state index contributed by atoms with van der Waals surface area (Å²) in [4.78, 5) is 14.5. The Kier molecular flexibility index (Phi) is 5.68. The van der Waals surface area contributed by atoms with Crippen LogP contribution in [-0.4, -0.2) is 45.1 Å². The molecule has 3 aromatic carbocycles. The van der Waals surface area contributed by atoms with Crippen molar-refractivity contribution in [3.63, 3.8) is 0 Å². The zero-order chi connectivity index (χ0) is 23.2. The van der Waals surface area contributed by atoms with Gasteiger partial charge in [0.25, 0.3) is 0 Å². The van der Waals surface area contributed by atoms with Crippen molar-refractivity contribution in [2.24, 2.45) is 0 Å². The number of anilines is 1. The summed E-state index contributed by atoms with van der Waals surface area (Å²) in [6.07, 6.45) is 0.552. The average molecular weight is 487 g/mol. The van der Waals surface area contributed by atoms with Crippen LogP contribution in [0.25, 0.3) is 10.8 Å². The van der Waals surface area contributed by atoms with Gasteiger partial charge in [-0.05, 0) is 42.5 Å². The molecule has 0 aromatic heterocycles. The smallest absolute Gasteiger partial charge is 0.415 e. The van der Waals surface area contributed by atoms with Gasteiger partial charge in [0.15, 0.2) is 0 Å². The zero-order valence-electron chi connectivity index (χ0n) is 18.0. The van der Waals surface area contributed by atoms with Crippen molar-refractivity contribution in [3.05, 3.63) is 65.2 Å². The predicted octanol–water partition coefficient (Wildman–Crippen LogP) is 4.81. The Balaban J connectivity index is 1.38. The minimum atomic E-state index is -3.68. The number of carbonyl (C=O) groups excluding carboxylic acids is 1. The van der Waals surface area contributed by atoms with Gasteiger partial charge in [-0.25, -0.2) is 13.2 Å². The van der Waals surface area contributed by atoms with Crippen LogP contribution in [0.2, 0.25) is 5.02 Å². The van der Waals surface area contributed by atoms with E-state index in [2.05, 4.69) is 0 Å². The van der Waals surface area contributed by atoms with E-state index in [0.717, 1.165) is 16.3 Å². The maximum Gasteiger partial charge on any atom is 0.415 e. The molecule has 172 valence electrons. The average Bonchev–Trinajstić information content (AvgIpc) is 2.83. The molecule has 0 N–H and O–H groups in total. The molecule has 0 spiro atoms. The molecule has 2 heterocycles. The fraction of sp³-hybridized carbons (Fsp3) is 0.292. The number of amides is 1. The van der Waals surface area contributed by atoms with Crippen LogP contribution in [0.4, 0.5) is 10.5 Å². The van der Waals surface area contributed by atoms with Gasteiger partial charge in [-0.1, -0.05) is 41.9 Å². The first-order valence-corrected chi connectivity index (χ1v) is 12.5. The Bertz CT molecular complexity index is 1320. The molecule has 33 heavy (non-hydrogen) atoms. The summed E-state index contributed by atoms with van der Waals surface area (Å²) in [5.74, 6) is 0.606. The molecule has 0 bridgehead atoms. The number of hydrogen-bond acceptors (Lipinski definition) is 5. The minimum Gasteiger partial charge on any atom is -0.495 e. The number of sulfonamides is 1. The molecular weight excluding hydrogens is 464 g/mol. The largest absolute Gasteiger partial charge is 0.495 e. The number of ether oxygens (including phenoxy) is 2. The third kappa shape index (κ3) is 3.82. The van der Waals surface area contributed by atoms with Gasteiger partial charge in [0.1, 0.15) is 12.4 Å². The second-order valence-electron chi connectivity index (χ2n) is 8.15. The summed E-state index contributed by atoms with van der Waals surface area (Å²) >= 11 is 6.22. The Hall–Kier alpha value is -2.81.